The molecule has 0 unspecified atom stereocenters. The lowest BCUT2D eigenvalue weighted by molar-refractivity contribution is -0.387. The van der Waals surface area contributed by atoms with Crippen LogP contribution in [0.3, 0.4) is 0 Å². The molecule has 0 aliphatic heterocycles. The molecule has 0 saturated heterocycles. The number of halogens is 1. The highest BCUT2D eigenvalue weighted by Crippen LogP contribution is 2.28. The van der Waals surface area contributed by atoms with E-state index < -0.39 is 22.3 Å². The number of benzene rings is 2. The average Bonchev–Trinajstić information content (AvgIpc) is 3.19. The molecule has 8 heteroatoms. The quantitative estimate of drug-likeness (QED) is 0.293. The van der Waals surface area contributed by atoms with Crippen molar-refractivity contribution >= 4 is 17.7 Å². The lowest BCUT2D eigenvalue weighted by Crippen LogP contribution is -2.23. The van der Waals surface area contributed by atoms with Gasteiger partial charge in [0.05, 0.1) is 4.92 Å². The summed E-state index contributed by atoms with van der Waals surface area (Å²) in [5.74, 6) is -1.07. The Bertz CT molecular complexity index is 1130. The van der Waals surface area contributed by atoms with Crippen LogP contribution < -0.4 is 5.32 Å². The van der Waals surface area contributed by atoms with Gasteiger partial charge in [-0.25, -0.2) is 0 Å². The van der Waals surface area contributed by atoms with Crippen LogP contribution in [0.5, 0.6) is 0 Å². The highest BCUT2D eigenvalue weighted by Gasteiger charge is 2.17. The third kappa shape index (κ3) is 4.73. The van der Waals surface area contributed by atoms with Crippen molar-refractivity contribution in [3.63, 3.8) is 0 Å². The summed E-state index contributed by atoms with van der Waals surface area (Å²) in [6.07, 6.45) is 1.27. The zero-order chi connectivity index (χ0) is 20.8. The third-order valence-corrected chi connectivity index (χ3v) is 4.00. The number of carbonyl (C=O) groups excluding carboxylic acids is 1. The highest BCUT2D eigenvalue weighted by atomic mass is 19.1. The monoisotopic (exact) mass is 391 g/mol. The van der Waals surface area contributed by atoms with Gasteiger partial charge in [0.25, 0.3) is 5.91 Å². The smallest absolute Gasteiger partial charge is 0.305 e. The van der Waals surface area contributed by atoms with Gasteiger partial charge in [0, 0.05) is 24.3 Å². The summed E-state index contributed by atoms with van der Waals surface area (Å²) in [6.45, 7) is 0.265. The van der Waals surface area contributed by atoms with E-state index in [4.69, 9.17) is 4.42 Å². The second kappa shape index (κ2) is 8.63. The van der Waals surface area contributed by atoms with Gasteiger partial charge >= 0.3 is 5.69 Å². The maximum Gasteiger partial charge on any atom is 0.305 e. The summed E-state index contributed by atoms with van der Waals surface area (Å²) in [5.41, 5.74) is 0.349. The molecule has 0 aliphatic carbocycles. The molecule has 1 aromatic heterocycles. The molecule has 3 aromatic rings. The zero-order valence-corrected chi connectivity index (χ0v) is 15.0. The minimum atomic E-state index is -0.952. The molecule has 1 heterocycles. The first-order valence-electron chi connectivity index (χ1n) is 8.46. The minimum Gasteiger partial charge on any atom is -0.457 e. The van der Waals surface area contributed by atoms with Gasteiger partial charge in [0.1, 0.15) is 23.2 Å². The SMILES string of the molecule is N#C/C(=C\c1ccc(-c2ccc(F)c([N+](=O)[O-])c2)o1)C(=O)NCc1ccccc1. The number of hydrogen-bond acceptors (Lipinski definition) is 5. The van der Waals surface area contributed by atoms with Crippen LogP contribution in [0.4, 0.5) is 10.1 Å². The van der Waals surface area contributed by atoms with E-state index in [1.165, 1.54) is 24.3 Å². The lowest BCUT2D eigenvalue weighted by atomic mass is 10.1. The summed E-state index contributed by atoms with van der Waals surface area (Å²) in [6, 6.07) is 17.4. The fourth-order valence-corrected chi connectivity index (χ4v) is 2.56. The molecular formula is C21H14FN3O4. The topological polar surface area (TPSA) is 109 Å². The molecular weight excluding hydrogens is 377 g/mol. The number of nitrogens with zero attached hydrogens (tertiary/aromatic N) is 2. The van der Waals surface area contributed by atoms with Crippen LogP contribution in [0.1, 0.15) is 11.3 Å². The van der Waals surface area contributed by atoms with Crippen molar-refractivity contribution in [2.45, 2.75) is 6.54 Å². The summed E-state index contributed by atoms with van der Waals surface area (Å²) < 4.78 is 19.0. The molecule has 0 fully saturated rings. The molecule has 7 nitrogen and oxygen atoms in total. The van der Waals surface area contributed by atoms with Gasteiger partial charge in [-0.3, -0.25) is 14.9 Å². The Morgan fingerprint density at radius 2 is 1.97 bits per heavy atom. The van der Waals surface area contributed by atoms with Gasteiger partial charge in [-0.05, 0) is 29.8 Å². The lowest BCUT2D eigenvalue weighted by Gasteiger charge is -2.04. The molecule has 144 valence electrons. The van der Waals surface area contributed by atoms with Gasteiger partial charge in [0.2, 0.25) is 5.82 Å². The van der Waals surface area contributed by atoms with Crippen molar-refractivity contribution in [1.29, 1.82) is 5.26 Å². The molecule has 0 aliphatic rings. The van der Waals surface area contributed by atoms with Gasteiger partial charge in [-0.2, -0.15) is 9.65 Å². The van der Waals surface area contributed by atoms with Crippen molar-refractivity contribution in [2.24, 2.45) is 0 Å². The Kier molecular flexibility index (Phi) is 5.80. The maximum absolute atomic E-state index is 13.5. The van der Waals surface area contributed by atoms with E-state index in [0.29, 0.717) is 5.56 Å². The number of nitrogens with one attached hydrogen (secondary N) is 1. The Morgan fingerprint density at radius 3 is 2.66 bits per heavy atom. The van der Waals surface area contributed by atoms with Crippen LogP contribution in [-0.2, 0) is 11.3 Å². The predicted molar refractivity (Wildman–Crippen MR) is 103 cm³/mol. The first-order valence-corrected chi connectivity index (χ1v) is 8.46. The van der Waals surface area contributed by atoms with E-state index in [2.05, 4.69) is 5.32 Å². The summed E-state index contributed by atoms with van der Waals surface area (Å²) in [5, 5.41) is 22.8. The molecule has 1 N–H and O–H groups in total. The summed E-state index contributed by atoms with van der Waals surface area (Å²) >= 11 is 0. The largest absolute Gasteiger partial charge is 0.457 e. The van der Waals surface area contributed by atoms with Gasteiger partial charge in [-0.15, -0.1) is 0 Å². The zero-order valence-electron chi connectivity index (χ0n) is 15.0. The number of nitriles is 1. The highest BCUT2D eigenvalue weighted by molar-refractivity contribution is 6.01. The average molecular weight is 391 g/mol. The van der Waals surface area contributed by atoms with Gasteiger partial charge in [0.15, 0.2) is 0 Å². The van der Waals surface area contributed by atoms with Crippen LogP contribution in [0.2, 0.25) is 0 Å². The standard InChI is InChI=1S/C21H14FN3O4/c22-18-8-6-15(11-19(18)25(27)28)20-9-7-17(29-20)10-16(12-23)21(26)24-13-14-4-2-1-3-5-14/h1-11H,13H2,(H,24,26)/b16-10+. The Hall–Kier alpha value is -4.25. The molecule has 1 amide bonds. The molecule has 0 saturated carbocycles. The number of nitro benzene ring substituents is 1. The number of furan rings is 1. The van der Waals surface area contributed by atoms with E-state index in [1.807, 2.05) is 36.4 Å². The second-order valence-corrected chi connectivity index (χ2v) is 5.96. The Morgan fingerprint density at radius 1 is 1.21 bits per heavy atom. The van der Waals surface area contributed by atoms with Crippen molar-refractivity contribution in [2.75, 3.05) is 0 Å². The Balaban J connectivity index is 1.77. The third-order valence-electron chi connectivity index (χ3n) is 4.00. The molecule has 0 bridgehead atoms. The number of rotatable bonds is 6. The van der Waals surface area contributed by atoms with Crippen molar-refractivity contribution in [1.82, 2.24) is 5.32 Å². The van der Waals surface area contributed by atoms with Crippen molar-refractivity contribution in [3.05, 3.63) is 93.5 Å². The van der Waals surface area contributed by atoms with Crippen LogP contribution >= 0.6 is 0 Å². The number of carbonyl (C=O) groups is 1. The second-order valence-electron chi connectivity index (χ2n) is 5.96. The van der Waals surface area contributed by atoms with Crippen LogP contribution in [-0.4, -0.2) is 10.8 Å². The van der Waals surface area contributed by atoms with Crippen molar-refractivity contribution in [3.8, 4) is 17.4 Å². The van der Waals surface area contributed by atoms with Gasteiger partial charge < -0.3 is 9.73 Å². The molecule has 2 aromatic carbocycles. The normalized spacial score (nSPS) is 11.0. The first kappa shape index (κ1) is 19.5. The fourth-order valence-electron chi connectivity index (χ4n) is 2.56. The predicted octanol–water partition coefficient (Wildman–Crippen LogP) is 4.22. The summed E-state index contributed by atoms with van der Waals surface area (Å²) in [7, 11) is 0. The van der Waals surface area contributed by atoms with Crippen LogP contribution in [0, 0.1) is 27.3 Å². The number of amides is 1. The van der Waals surface area contributed by atoms with Crippen LogP contribution in [0.25, 0.3) is 17.4 Å². The van der Waals surface area contributed by atoms with E-state index in [0.717, 1.165) is 17.7 Å². The van der Waals surface area contributed by atoms with Crippen LogP contribution in [0.15, 0.2) is 70.7 Å². The van der Waals surface area contributed by atoms with E-state index in [9.17, 15) is 24.6 Å². The molecule has 0 radical (unpaired) electrons. The fraction of sp³-hybridized carbons (Fsp3) is 0.0476. The summed E-state index contributed by atoms with van der Waals surface area (Å²) in [4.78, 5) is 22.3. The number of hydrogen-bond donors (Lipinski definition) is 1. The first-order chi connectivity index (χ1) is 14.0. The minimum absolute atomic E-state index is 0.160. The maximum atomic E-state index is 13.5. The Labute approximate surface area is 164 Å². The van der Waals surface area contributed by atoms with E-state index in [-0.39, 0.29) is 23.6 Å². The molecule has 0 spiro atoms. The van der Waals surface area contributed by atoms with E-state index in [1.54, 1.807) is 0 Å². The molecule has 0 atom stereocenters. The van der Waals surface area contributed by atoms with Crippen molar-refractivity contribution < 1.29 is 18.5 Å². The molecule has 3 rings (SSSR count). The van der Waals surface area contributed by atoms with E-state index >= 15 is 0 Å². The van der Waals surface area contributed by atoms with Gasteiger partial charge in [-0.1, -0.05) is 30.3 Å². The number of nitro groups is 1. The molecule has 29 heavy (non-hydrogen) atoms.